The van der Waals surface area contributed by atoms with Crippen LogP contribution in [0.4, 0.5) is 5.69 Å². The van der Waals surface area contributed by atoms with Crippen LogP contribution in [-0.4, -0.2) is 16.6 Å². The Morgan fingerprint density at radius 1 is 1.43 bits per heavy atom. The Hall–Kier alpha value is -1.88. The smallest absolute Gasteiger partial charge is 0.351 e. The number of anilines is 1. The van der Waals surface area contributed by atoms with Crippen LogP contribution in [0.2, 0.25) is 0 Å². The molecule has 4 nitrogen and oxygen atoms in total. The quantitative estimate of drug-likeness (QED) is 0.873. The summed E-state index contributed by atoms with van der Waals surface area (Å²) in [6.45, 7) is 7.56. The fraction of sp³-hybridized carbons (Fsp3) is 0.375. The molecule has 0 aliphatic carbocycles. The second-order valence-corrected chi connectivity index (χ2v) is 6.77. The molecular formula is C16H20N2O2S. The monoisotopic (exact) mass is 304 g/mol. The number of thiophene rings is 1. The highest BCUT2D eigenvalue weighted by atomic mass is 32.1. The molecule has 0 radical (unpaired) electrons. The molecule has 0 aliphatic heterocycles. The number of rotatable bonds is 3. The van der Waals surface area contributed by atoms with Crippen LogP contribution in [0, 0.1) is 0 Å². The predicted octanol–water partition coefficient (Wildman–Crippen LogP) is 3.91. The van der Waals surface area contributed by atoms with Gasteiger partial charge < -0.3 is 10.5 Å². The molecule has 112 valence electrons. The van der Waals surface area contributed by atoms with Crippen molar-refractivity contribution in [2.75, 3.05) is 5.73 Å². The van der Waals surface area contributed by atoms with Crippen molar-refractivity contribution in [1.82, 2.24) is 4.98 Å². The van der Waals surface area contributed by atoms with E-state index in [0.717, 1.165) is 22.4 Å². The topological polar surface area (TPSA) is 65.2 Å². The standard InChI is InChI=1S/C16H20N2O2S/c1-5-11-12(17)14(15(19)20-16(2,3)4)21-13(11)10-7-6-8-18-9-10/h6-9H,5,17H2,1-4H3. The van der Waals surface area contributed by atoms with Crippen LogP contribution < -0.4 is 5.73 Å². The van der Waals surface area contributed by atoms with Crippen molar-refractivity contribution in [1.29, 1.82) is 0 Å². The summed E-state index contributed by atoms with van der Waals surface area (Å²) in [4.78, 5) is 17.9. The first-order valence-electron chi connectivity index (χ1n) is 6.88. The minimum atomic E-state index is -0.533. The van der Waals surface area contributed by atoms with Gasteiger partial charge in [0.1, 0.15) is 10.5 Å². The Balaban J connectivity index is 2.46. The first-order valence-corrected chi connectivity index (χ1v) is 7.70. The molecule has 2 aromatic heterocycles. The number of nitrogens with two attached hydrogens (primary N) is 1. The molecule has 0 bridgehead atoms. The van der Waals surface area contributed by atoms with E-state index in [4.69, 9.17) is 10.5 Å². The second kappa shape index (κ2) is 5.85. The van der Waals surface area contributed by atoms with Crippen LogP contribution in [0.3, 0.4) is 0 Å². The van der Waals surface area contributed by atoms with Crippen molar-refractivity contribution in [3.63, 3.8) is 0 Å². The van der Waals surface area contributed by atoms with Gasteiger partial charge in [-0.2, -0.15) is 0 Å². The number of nitrogen functional groups attached to an aromatic ring is 1. The number of hydrogen-bond donors (Lipinski definition) is 1. The van der Waals surface area contributed by atoms with Gasteiger partial charge in [-0.1, -0.05) is 13.0 Å². The third kappa shape index (κ3) is 3.42. The number of pyridine rings is 1. The summed E-state index contributed by atoms with van der Waals surface area (Å²) in [6, 6.07) is 3.84. The Morgan fingerprint density at radius 2 is 2.14 bits per heavy atom. The molecule has 0 aliphatic rings. The lowest BCUT2D eigenvalue weighted by atomic mass is 10.1. The van der Waals surface area contributed by atoms with E-state index in [1.54, 1.807) is 12.4 Å². The molecule has 0 saturated heterocycles. The maximum Gasteiger partial charge on any atom is 0.351 e. The minimum absolute atomic E-state index is 0.366. The first kappa shape index (κ1) is 15.5. The number of hydrogen-bond acceptors (Lipinski definition) is 5. The normalized spacial score (nSPS) is 11.4. The van der Waals surface area contributed by atoms with Gasteiger partial charge in [0.15, 0.2) is 0 Å². The summed E-state index contributed by atoms with van der Waals surface area (Å²) in [6.07, 6.45) is 4.26. The van der Waals surface area contributed by atoms with Gasteiger partial charge in [0.2, 0.25) is 0 Å². The molecule has 0 saturated carbocycles. The SMILES string of the molecule is CCc1c(-c2cccnc2)sc(C(=O)OC(C)(C)C)c1N. The fourth-order valence-electron chi connectivity index (χ4n) is 2.04. The highest BCUT2D eigenvalue weighted by molar-refractivity contribution is 7.18. The Morgan fingerprint density at radius 3 is 2.67 bits per heavy atom. The van der Waals surface area contributed by atoms with E-state index in [0.29, 0.717) is 10.6 Å². The van der Waals surface area contributed by atoms with Gasteiger partial charge in [0.05, 0.1) is 5.69 Å². The van der Waals surface area contributed by atoms with Crippen molar-refractivity contribution in [3.8, 4) is 10.4 Å². The molecule has 0 unspecified atom stereocenters. The van der Waals surface area contributed by atoms with E-state index in [-0.39, 0.29) is 5.97 Å². The highest BCUT2D eigenvalue weighted by Gasteiger charge is 2.25. The molecule has 2 rings (SSSR count). The average molecular weight is 304 g/mol. The van der Waals surface area contributed by atoms with Crippen LogP contribution in [0.25, 0.3) is 10.4 Å². The van der Waals surface area contributed by atoms with Gasteiger partial charge in [-0.3, -0.25) is 4.98 Å². The molecule has 2 aromatic rings. The number of carbonyl (C=O) groups excluding carboxylic acids is 1. The van der Waals surface area contributed by atoms with E-state index in [9.17, 15) is 4.79 Å². The third-order valence-electron chi connectivity index (χ3n) is 2.91. The van der Waals surface area contributed by atoms with Gasteiger partial charge >= 0.3 is 5.97 Å². The molecule has 0 fully saturated rings. The van der Waals surface area contributed by atoms with Gasteiger partial charge in [0, 0.05) is 22.8 Å². The number of ether oxygens (including phenoxy) is 1. The maximum atomic E-state index is 12.3. The number of carbonyl (C=O) groups is 1. The molecule has 0 spiro atoms. The summed E-state index contributed by atoms with van der Waals surface area (Å²) in [5.74, 6) is -0.366. The number of nitrogens with zero attached hydrogens (tertiary/aromatic N) is 1. The highest BCUT2D eigenvalue weighted by Crippen LogP contribution is 2.39. The summed E-state index contributed by atoms with van der Waals surface area (Å²) in [7, 11) is 0. The number of esters is 1. The molecule has 2 heterocycles. The zero-order valence-electron chi connectivity index (χ0n) is 12.8. The van der Waals surface area contributed by atoms with Crippen molar-refractivity contribution in [3.05, 3.63) is 35.0 Å². The van der Waals surface area contributed by atoms with Crippen molar-refractivity contribution < 1.29 is 9.53 Å². The van der Waals surface area contributed by atoms with Gasteiger partial charge in [-0.25, -0.2) is 4.79 Å². The van der Waals surface area contributed by atoms with E-state index >= 15 is 0 Å². The lowest BCUT2D eigenvalue weighted by molar-refractivity contribution is 0.00763. The summed E-state index contributed by atoms with van der Waals surface area (Å²) in [5.41, 5.74) is 8.10. The molecular weight excluding hydrogens is 284 g/mol. The van der Waals surface area contributed by atoms with E-state index < -0.39 is 5.60 Å². The third-order valence-corrected chi connectivity index (χ3v) is 4.19. The summed E-state index contributed by atoms with van der Waals surface area (Å²) >= 11 is 1.37. The van der Waals surface area contributed by atoms with Crippen LogP contribution in [0.1, 0.15) is 42.9 Å². The van der Waals surface area contributed by atoms with Crippen LogP contribution in [0.5, 0.6) is 0 Å². The molecule has 0 amide bonds. The molecule has 2 N–H and O–H groups in total. The second-order valence-electron chi connectivity index (χ2n) is 5.75. The van der Waals surface area contributed by atoms with E-state index in [1.807, 2.05) is 39.8 Å². The van der Waals surface area contributed by atoms with E-state index in [1.165, 1.54) is 11.3 Å². The zero-order chi connectivity index (χ0) is 15.6. The van der Waals surface area contributed by atoms with Crippen molar-refractivity contribution >= 4 is 23.0 Å². The fourth-order valence-corrected chi connectivity index (χ4v) is 3.21. The molecule has 0 atom stereocenters. The van der Waals surface area contributed by atoms with Crippen molar-refractivity contribution in [2.24, 2.45) is 0 Å². The Bertz CT molecular complexity index is 642. The lowest BCUT2D eigenvalue weighted by Gasteiger charge is -2.19. The average Bonchev–Trinajstić information content (AvgIpc) is 2.75. The van der Waals surface area contributed by atoms with Gasteiger partial charge in [-0.15, -0.1) is 11.3 Å². The van der Waals surface area contributed by atoms with Crippen LogP contribution in [0.15, 0.2) is 24.5 Å². The number of aromatic nitrogens is 1. The lowest BCUT2D eigenvalue weighted by Crippen LogP contribution is -2.23. The van der Waals surface area contributed by atoms with E-state index in [2.05, 4.69) is 4.98 Å². The molecule has 5 heteroatoms. The molecule has 21 heavy (non-hydrogen) atoms. The molecule has 0 aromatic carbocycles. The largest absolute Gasteiger partial charge is 0.456 e. The van der Waals surface area contributed by atoms with Gasteiger partial charge in [-0.05, 0) is 38.8 Å². The maximum absolute atomic E-state index is 12.3. The summed E-state index contributed by atoms with van der Waals surface area (Å²) < 4.78 is 5.43. The van der Waals surface area contributed by atoms with Crippen LogP contribution >= 0.6 is 11.3 Å². The van der Waals surface area contributed by atoms with Gasteiger partial charge in [0.25, 0.3) is 0 Å². The van der Waals surface area contributed by atoms with Crippen molar-refractivity contribution in [2.45, 2.75) is 39.7 Å². The van der Waals surface area contributed by atoms with Crippen LogP contribution in [-0.2, 0) is 11.2 Å². The Labute approximate surface area is 129 Å². The minimum Gasteiger partial charge on any atom is -0.456 e. The summed E-state index contributed by atoms with van der Waals surface area (Å²) in [5, 5.41) is 0. The first-order chi connectivity index (χ1) is 9.83. The Kier molecular flexibility index (Phi) is 4.32. The predicted molar refractivity (Wildman–Crippen MR) is 86.5 cm³/mol. The zero-order valence-corrected chi connectivity index (χ0v) is 13.6.